The van der Waals surface area contributed by atoms with Crippen LogP contribution in [0, 0.1) is 13.8 Å². The Hall–Kier alpha value is -2.39. The number of rotatable bonds is 5. The number of methoxy groups -OCH3 is 1. The van der Waals surface area contributed by atoms with E-state index in [1.165, 1.54) is 16.0 Å². The summed E-state index contributed by atoms with van der Waals surface area (Å²) in [6, 6.07) is 23.0. The van der Waals surface area contributed by atoms with Gasteiger partial charge in [0.15, 0.2) is 0 Å². The van der Waals surface area contributed by atoms with Crippen LogP contribution >= 0.6 is 11.8 Å². The van der Waals surface area contributed by atoms with Crippen LogP contribution in [0.25, 0.3) is 0 Å². The van der Waals surface area contributed by atoms with Crippen LogP contribution in [0.2, 0.25) is 0 Å². The van der Waals surface area contributed by atoms with Crippen LogP contribution in [0.4, 0.5) is 11.4 Å². The van der Waals surface area contributed by atoms with Crippen molar-refractivity contribution < 1.29 is 4.74 Å². The molecule has 0 aliphatic heterocycles. The Morgan fingerprint density at radius 2 is 1.42 bits per heavy atom. The van der Waals surface area contributed by atoms with Gasteiger partial charge in [-0.05, 0) is 50.2 Å². The molecule has 0 radical (unpaired) electrons. The highest BCUT2D eigenvalue weighted by molar-refractivity contribution is 7.99. The van der Waals surface area contributed by atoms with Crippen molar-refractivity contribution in [2.75, 3.05) is 12.4 Å². The lowest BCUT2D eigenvalue weighted by Gasteiger charge is -2.15. The van der Waals surface area contributed by atoms with E-state index in [4.69, 9.17) is 4.74 Å². The molecule has 0 spiro atoms. The summed E-state index contributed by atoms with van der Waals surface area (Å²) in [5, 5.41) is 3.51. The maximum Gasteiger partial charge on any atom is 0.134 e. The van der Waals surface area contributed by atoms with Gasteiger partial charge in [0.25, 0.3) is 0 Å². The SMILES string of the molecule is COc1cccc(Nc2ccc(C)cc2)c1Sc1ccc(C)cc1. The van der Waals surface area contributed by atoms with Crippen molar-refractivity contribution in [2.24, 2.45) is 0 Å². The molecule has 0 fully saturated rings. The standard InChI is InChI=1S/C21H21NOS/c1-15-7-11-17(12-8-15)22-19-5-4-6-20(23-3)21(19)24-18-13-9-16(2)10-14-18/h4-14,22H,1-3H3. The third kappa shape index (κ3) is 3.92. The molecule has 3 heteroatoms. The lowest BCUT2D eigenvalue weighted by molar-refractivity contribution is 0.405. The quantitative estimate of drug-likeness (QED) is 0.599. The normalized spacial score (nSPS) is 10.5. The number of anilines is 2. The summed E-state index contributed by atoms with van der Waals surface area (Å²) in [6.45, 7) is 4.19. The highest BCUT2D eigenvalue weighted by Gasteiger charge is 2.11. The Morgan fingerprint density at radius 3 is 2.04 bits per heavy atom. The number of aryl methyl sites for hydroxylation is 2. The largest absolute Gasteiger partial charge is 0.495 e. The molecule has 1 N–H and O–H groups in total. The maximum absolute atomic E-state index is 5.58. The zero-order chi connectivity index (χ0) is 16.9. The first-order valence-corrected chi connectivity index (χ1v) is 8.72. The molecule has 0 bridgehead atoms. The maximum atomic E-state index is 5.58. The lowest BCUT2D eigenvalue weighted by atomic mass is 10.2. The van der Waals surface area contributed by atoms with Crippen LogP contribution in [0.5, 0.6) is 5.75 Å². The number of hydrogen-bond donors (Lipinski definition) is 1. The van der Waals surface area contributed by atoms with Crippen LogP contribution in [0.1, 0.15) is 11.1 Å². The molecule has 0 saturated carbocycles. The van der Waals surface area contributed by atoms with Crippen LogP contribution in [0.3, 0.4) is 0 Å². The van der Waals surface area contributed by atoms with E-state index in [0.29, 0.717) is 0 Å². The molecule has 0 aromatic heterocycles. The van der Waals surface area contributed by atoms with Gasteiger partial charge in [-0.3, -0.25) is 0 Å². The van der Waals surface area contributed by atoms with Gasteiger partial charge in [-0.2, -0.15) is 0 Å². The van der Waals surface area contributed by atoms with E-state index >= 15 is 0 Å². The average Bonchev–Trinajstić information content (AvgIpc) is 2.60. The Balaban J connectivity index is 1.93. The second-order valence-electron chi connectivity index (χ2n) is 5.74. The van der Waals surface area contributed by atoms with E-state index in [0.717, 1.165) is 22.0 Å². The van der Waals surface area contributed by atoms with Gasteiger partial charge in [0.1, 0.15) is 5.75 Å². The molecule has 0 heterocycles. The van der Waals surface area contributed by atoms with Gasteiger partial charge in [0.2, 0.25) is 0 Å². The van der Waals surface area contributed by atoms with Gasteiger partial charge in [0, 0.05) is 10.6 Å². The molecule has 3 rings (SSSR count). The van der Waals surface area contributed by atoms with Gasteiger partial charge in [-0.1, -0.05) is 53.2 Å². The van der Waals surface area contributed by atoms with Gasteiger partial charge < -0.3 is 10.1 Å². The molecular weight excluding hydrogens is 314 g/mol. The summed E-state index contributed by atoms with van der Waals surface area (Å²) >= 11 is 1.71. The summed E-state index contributed by atoms with van der Waals surface area (Å²) < 4.78 is 5.58. The summed E-state index contributed by atoms with van der Waals surface area (Å²) in [6.07, 6.45) is 0. The fourth-order valence-electron chi connectivity index (χ4n) is 2.40. The van der Waals surface area contributed by atoms with Gasteiger partial charge >= 0.3 is 0 Å². The second-order valence-corrected chi connectivity index (χ2v) is 6.83. The lowest BCUT2D eigenvalue weighted by Crippen LogP contribution is -1.95. The first kappa shape index (κ1) is 16.5. The molecule has 0 aliphatic carbocycles. The number of ether oxygens (including phenoxy) is 1. The van der Waals surface area contributed by atoms with Crippen molar-refractivity contribution in [2.45, 2.75) is 23.6 Å². The van der Waals surface area contributed by atoms with Crippen LogP contribution in [0.15, 0.2) is 76.5 Å². The van der Waals surface area contributed by atoms with E-state index in [1.54, 1.807) is 18.9 Å². The Labute approximate surface area is 147 Å². The summed E-state index contributed by atoms with van der Waals surface area (Å²) in [5.74, 6) is 0.873. The minimum atomic E-state index is 0.873. The van der Waals surface area contributed by atoms with Crippen molar-refractivity contribution in [3.63, 3.8) is 0 Å². The van der Waals surface area contributed by atoms with Crippen LogP contribution in [-0.4, -0.2) is 7.11 Å². The molecule has 0 unspecified atom stereocenters. The van der Waals surface area contributed by atoms with Gasteiger partial charge in [-0.25, -0.2) is 0 Å². The smallest absolute Gasteiger partial charge is 0.134 e. The van der Waals surface area contributed by atoms with Crippen LogP contribution < -0.4 is 10.1 Å². The van der Waals surface area contributed by atoms with Crippen molar-refractivity contribution in [3.05, 3.63) is 77.9 Å². The van der Waals surface area contributed by atoms with E-state index in [9.17, 15) is 0 Å². The van der Waals surface area contributed by atoms with E-state index < -0.39 is 0 Å². The Morgan fingerprint density at radius 1 is 0.792 bits per heavy atom. The highest BCUT2D eigenvalue weighted by Crippen LogP contribution is 2.41. The average molecular weight is 335 g/mol. The zero-order valence-corrected chi connectivity index (χ0v) is 15.0. The summed E-state index contributed by atoms with van der Waals surface area (Å²) in [4.78, 5) is 2.28. The van der Waals surface area contributed by atoms with E-state index in [-0.39, 0.29) is 0 Å². The molecule has 0 saturated heterocycles. The molecule has 0 atom stereocenters. The summed E-state index contributed by atoms with van der Waals surface area (Å²) in [7, 11) is 1.71. The number of nitrogens with one attached hydrogen (secondary N) is 1. The molecule has 3 aromatic rings. The third-order valence-corrected chi connectivity index (χ3v) is 4.90. The fourth-order valence-corrected chi connectivity index (χ4v) is 3.39. The fraction of sp³-hybridized carbons (Fsp3) is 0.143. The highest BCUT2D eigenvalue weighted by atomic mass is 32.2. The second kappa shape index (κ2) is 7.45. The predicted molar refractivity (Wildman–Crippen MR) is 103 cm³/mol. The zero-order valence-electron chi connectivity index (χ0n) is 14.2. The van der Waals surface area contributed by atoms with E-state index in [1.807, 2.05) is 12.1 Å². The molecule has 0 aliphatic rings. The van der Waals surface area contributed by atoms with Gasteiger partial charge in [-0.15, -0.1) is 0 Å². The molecule has 0 amide bonds. The molecule has 122 valence electrons. The Kier molecular flexibility index (Phi) is 5.11. The monoisotopic (exact) mass is 335 g/mol. The third-order valence-electron chi connectivity index (χ3n) is 3.77. The molecule has 2 nitrogen and oxygen atoms in total. The molecule has 3 aromatic carbocycles. The van der Waals surface area contributed by atoms with E-state index in [2.05, 4.69) is 73.8 Å². The van der Waals surface area contributed by atoms with Gasteiger partial charge in [0.05, 0.1) is 17.7 Å². The molecule has 24 heavy (non-hydrogen) atoms. The topological polar surface area (TPSA) is 21.3 Å². The van der Waals surface area contributed by atoms with Crippen molar-refractivity contribution >= 4 is 23.1 Å². The first-order valence-electron chi connectivity index (χ1n) is 7.91. The first-order chi connectivity index (χ1) is 11.7. The van der Waals surface area contributed by atoms with Crippen LogP contribution in [-0.2, 0) is 0 Å². The predicted octanol–water partition coefficient (Wildman–Crippen LogP) is 6.21. The minimum Gasteiger partial charge on any atom is -0.495 e. The van der Waals surface area contributed by atoms with Crippen molar-refractivity contribution in [1.82, 2.24) is 0 Å². The van der Waals surface area contributed by atoms with Crippen molar-refractivity contribution in [1.29, 1.82) is 0 Å². The Bertz CT molecular complexity index is 810. The number of benzene rings is 3. The summed E-state index contributed by atoms with van der Waals surface area (Å²) in [5.41, 5.74) is 4.63. The molecular formula is C21H21NOS. The minimum absolute atomic E-state index is 0.873. The van der Waals surface area contributed by atoms with Crippen molar-refractivity contribution in [3.8, 4) is 5.75 Å². The number of hydrogen-bond acceptors (Lipinski definition) is 3.